The van der Waals surface area contributed by atoms with E-state index in [1.54, 1.807) is 4.68 Å². The summed E-state index contributed by atoms with van der Waals surface area (Å²) in [5.74, 6) is -0.0201. The van der Waals surface area contributed by atoms with Crippen LogP contribution in [0.3, 0.4) is 0 Å². The minimum absolute atomic E-state index is 0.0201. The minimum Gasteiger partial charge on any atom is -0.343 e. The number of ether oxygens (including phenoxy) is 2. The zero-order chi connectivity index (χ0) is 12.1. The van der Waals surface area contributed by atoms with Gasteiger partial charge in [0.2, 0.25) is 6.29 Å². The molecule has 1 aromatic heterocycles. The summed E-state index contributed by atoms with van der Waals surface area (Å²) in [6.07, 6.45) is -0.387. The second-order valence-electron chi connectivity index (χ2n) is 4.60. The highest BCUT2D eigenvalue weighted by molar-refractivity contribution is 5.84. The fourth-order valence-corrected chi connectivity index (χ4v) is 2.60. The lowest BCUT2D eigenvalue weighted by molar-refractivity contribution is -0.156. The zero-order valence-electron chi connectivity index (χ0n) is 9.52. The predicted molar refractivity (Wildman–Crippen MR) is 60.8 cm³/mol. The molecule has 2 saturated heterocycles. The van der Waals surface area contributed by atoms with Crippen molar-refractivity contribution >= 4 is 16.8 Å². The summed E-state index contributed by atoms with van der Waals surface area (Å²) < 4.78 is 12.6. The highest BCUT2D eigenvalue weighted by atomic mass is 16.7. The summed E-state index contributed by atoms with van der Waals surface area (Å²) >= 11 is 0. The maximum absolute atomic E-state index is 11.8. The van der Waals surface area contributed by atoms with Gasteiger partial charge in [0.25, 0.3) is 0 Å². The predicted octanol–water partition coefficient (Wildman–Crippen LogP) is 0.687. The van der Waals surface area contributed by atoms with Gasteiger partial charge < -0.3 is 9.47 Å². The Labute approximate surface area is 102 Å². The summed E-state index contributed by atoms with van der Waals surface area (Å²) in [6, 6.07) is 7.57. The van der Waals surface area contributed by atoms with Crippen molar-refractivity contribution in [1.29, 1.82) is 0 Å². The van der Waals surface area contributed by atoms with Crippen molar-refractivity contribution in [2.24, 2.45) is 0 Å². The van der Waals surface area contributed by atoms with Crippen LogP contribution in [0.2, 0.25) is 0 Å². The van der Waals surface area contributed by atoms with Gasteiger partial charge >= 0.3 is 0 Å². The molecule has 6 nitrogen and oxygen atoms in total. The van der Waals surface area contributed by atoms with E-state index >= 15 is 0 Å². The average Bonchev–Trinajstić information content (AvgIpc) is 3.00. The third-order valence-corrected chi connectivity index (χ3v) is 3.50. The zero-order valence-corrected chi connectivity index (χ0v) is 9.52. The molecule has 2 aromatic rings. The van der Waals surface area contributed by atoms with Gasteiger partial charge in [-0.3, -0.25) is 4.79 Å². The summed E-state index contributed by atoms with van der Waals surface area (Å²) in [6.45, 7) is 0.440. The molecule has 2 aliphatic heterocycles. The lowest BCUT2D eigenvalue weighted by Crippen LogP contribution is -2.37. The molecule has 4 rings (SSSR count). The van der Waals surface area contributed by atoms with Crippen molar-refractivity contribution in [3.8, 4) is 0 Å². The third-order valence-electron chi connectivity index (χ3n) is 3.50. The molecule has 92 valence electrons. The van der Waals surface area contributed by atoms with Crippen molar-refractivity contribution in [3.63, 3.8) is 0 Å². The molecule has 2 aliphatic rings. The van der Waals surface area contributed by atoms with E-state index in [4.69, 9.17) is 9.47 Å². The Morgan fingerprint density at radius 1 is 1.33 bits per heavy atom. The first-order valence-corrected chi connectivity index (χ1v) is 5.92. The molecule has 18 heavy (non-hydrogen) atoms. The summed E-state index contributed by atoms with van der Waals surface area (Å²) in [5.41, 5.74) is 1.75. The van der Waals surface area contributed by atoms with Gasteiger partial charge in [0, 0.05) is 6.42 Å². The maximum atomic E-state index is 11.8. The van der Waals surface area contributed by atoms with Crippen LogP contribution in [0, 0.1) is 0 Å². The van der Waals surface area contributed by atoms with Crippen LogP contribution in [0.5, 0.6) is 0 Å². The van der Waals surface area contributed by atoms with Gasteiger partial charge in [0.05, 0.1) is 18.2 Å². The molecule has 3 heterocycles. The Morgan fingerprint density at radius 3 is 3.17 bits per heavy atom. The van der Waals surface area contributed by atoms with Gasteiger partial charge in [-0.15, -0.1) is 5.10 Å². The number of Topliss-reactive ketones (excluding diaryl/α,β-unsaturated/α-hetero) is 1. The first-order chi connectivity index (χ1) is 8.83. The van der Waals surface area contributed by atoms with Gasteiger partial charge in [-0.25, -0.2) is 4.68 Å². The van der Waals surface area contributed by atoms with Crippen LogP contribution in [0.1, 0.15) is 12.5 Å². The normalized spacial score (nSPS) is 31.1. The quantitative estimate of drug-likeness (QED) is 0.739. The van der Waals surface area contributed by atoms with E-state index in [-0.39, 0.29) is 17.9 Å². The minimum atomic E-state index is -0.666. The standard InChI is InChI=1S/C12H11N3O3/c16-10-5-9(11-6-17-12(10)18-11)15-8-4-2-1-3-7(8)13-14-15/h1-4,9,11-12H,5-6H2/t9-,11-,12-/m0/s1. The van der Waals surface area contributed by atoms with Crippen molar-refractivity contribution < 1.29 is 14.3 Å². The maximum Gasteiger partial charge on any atom is 0.218 e. The number of para-hydroxylation sites is 1. The molecule has 2 bridgehead atoms. The third kappa shape index (κ3) is 1.33. The second-order valence-corrected chi connectivity index (χ2v) is 4.60. The molecule has 3 atom stereocenters. The molecular formula is C12H11N3O3. The van der Waals surface area contributed by atoms with Crippen LogP contribution >= 0.6 is 0 Å². The van der Waals surface area contributed by atoms with Crippen molar-refractivity contribution in [1.82, 2.24) is 15.0 Å². The fraction of sp³-hybridized carbons (Fsp3) is 0.417. The SMILES string of the molecule is O=C1C[C@H](n2nnc3ccccc32)[C@@H]2CO[C@H]1O2. The lowest BCUT2D eigenvalue weighted by Gasteiger charge is -2.26. The van der Waals surface area contributed by atoms with Crippen molar-refractivity contribution in [3.05, 3.63) is 24.3 Å². The van der Waals surface area contributed by atoms with Crippen LogP contribution in [0.25, 0.3) is 11.0 Å². The van der Waals surface area contributed by atoms with Crippen LogP contribution in [-0.4, -0.2) is 39.8 Å². The van der Waals surface area contributed by atoms with E-state index in [0.717, 1.165) is 11.0 Å². The Hall–Kier alpha value is -1.79. The number of carbonyl (C=O) groups is 1. The molecule has 0 spiro atoms. The molecule has 6 heteroatoms. The molecule has 0 radical (unpaired) electrons. The van der Waals surface area contributed by atoms with Gasteiger partial charge in [0.15, 0.2) is 5.78 Å². The molecule has 1 aromatic carbocycles. The molecule has 0 aliphatic carbocycles. The molecule has 0 saturated carbocycles. The van der Waals surface area contributed by atoms with E-state index in [2.05, 4.69) is 10.3 Å². The van der Waals surface area contributed by atoms with Crippen LogP contribution in [0.15, 0.2) is 24.3 Å². The number of nitrogens with zero attached hydrogens (tertiary/aromatic N) is 3. The molecular weight excluding hydrogens is 234 g/mol. The van der Waals surface area contributed by atoms with Gasteiger partial charge in [0.1, 0.15) is 11.6 Å². The van der Waals surface area contributed by atoms with E-state index in [0.29, 0.717) is 13.0 Å². The molecule has 0 unspecified atom stereocenters. The number of benzene rings is 1. The van der Waals surface area contributed by atoms with Crippen molar-refractivity contribution in [2.45, 2.75) is 24.9 Å². The van der Waals surface area contributed by atoms with E-state index in [9.17, 15) is 4.79 Å². The number of carbonyl (C=O) groups excluding carboxylic acids is 1. The molecule has 0 N–H and O–H groups in total. The summed E-state index contributed by atoms with van der Waals surface area (Å²) in [7, 11) is 0. The Kier molecular flexibility index (Phi) is 2.03. The van der Waals surface area contributed by atoms with Crippen molar-refractivity contribution in [2.75, 3.05) is 6.61 Å². The number of rotatable bonds is 1. The fourth-order valence-electron chi connectivity index (χ4n) is 2.60. The van der Waals surface area contributed by atoms with Gasteiger partial charge in [-0.2, -0.15) is 0 Å². The highest BCUT2D eigenvalue weighted by Crippen LogP contribution is 2.33. The van der Waals surface area contributed by atoms with E-state index in [1.807, 2.05) is 24.3 Å². The Balaban J connectivity index is 1.80. The second kappa shape index (κ2) is 3.60. The van der Waals surface area contributed by atoms with Crippen LogP contribution in [0.4, 0.5) is 0 Å². The lowest BCUT2D eigenvalue weighted by atomic mass is 10.0. The number of aromatic nitrogens is 3. The van der Waals surface area contributed by atoms with Gasteiger partial charge in [-0.05, 0) is 12.1 Å². The number of ketones is 1. The topological polar surface area (TPSA) is 66.2 Å². The Bertz CT molecular complexity index is 624. The van der Waals surface area contributed by atoms with E-state index in [1.165, 1.54) is 0 Å². The number of hydrogen-bond acceptors (Lipinski definition) is 5. The number of hydrogen-bond donors (Lipinski definition) is 0. The van der Waals surface area contributed by atoms with E-state index < -0.39 is 6.29 Å². The smallest absolute Gasteiger partial charge is 0.218 e. The first kappa shape index (κ1) is 10.2. The summed E-state index contributed by atoms with van der Waals surface area (Å²) in [4.78, 5) is 11.8. The summed E-state index contributed by atoms with van der Waals surface area (Å²) in [5, 5.41) is 8.26. The Morgan fingerprint density at radius 2 is 2.22 bits per heavy atom. The highest BCUT2D eigenvalue weighted by Gasteiger charge is 2.44. The monoisotopic (exact) mass is 245 g/mol. The average molecular weight is 245 g/mol. The van der Waals surface area contributed by atoms with Crippen LogP contribution in [-0.2, 0) is 14.3 Å². The first-order valence-electron chi connectivity index (χ1n) is 5.92. The number of fused-ring (bicyclic) bond motifs is 3. The molecule has 2 fully saturated rings. The van der Waals surface area contributed by atoms with Crippen LogP contribution < -0.4 is 0 Å². The van der Waals surface area contributed by atoms with Gasteiger partial charge in [-0.1, -0.05) is 17.3 Å². The molecule has 0 amide bonds. The largest absolute Gasteiger partial charge is 0.343 e.